The number of fused-ring (bicyclic) bond motifs is 1. The Hall–Kier alpha value is -2.28. The third-order valence-corrected chi connectivity index (χ3v) is 9.85. The van der Waals surface area contributed by atoms with Crippen LogP contribution in [0.2, 0.25) is 0 Å². The van der Waals surface area contributed by atoms with Gasteiger partial charge in [0.1, 0.15) is 29.2 Å². The van der Waals surface area contributed by atoms with Crippen LogP contribution < -0.4 is 27.3 Å². The van der Waals surface area contributed by atoms with Crippen LogP contribution in [0.5, 0.6) is 5.75 Å². The van der Waals surface area contributed by atoms with Gasteiger partial charge in [-0.05, 0) is 52.3 Å². The average Bonchev–Trinajstić information content (AvgIpc) is 3.18. The summed E-state index contributed by atoms with van der Waals surface area (Å²) >= 11 is 0. The molecule has 0 bridgehead atoms. The summed E-state index contributed by atoms with van der Waals surface area (Å²) in [5.41, 5.74) is 1.75. The van der Waals surface area contributed by atoms with Crippen LogP contribution in [-0.2, 0) is 23.5 Å². The molecule has 210 valence electrons. The topological polar surface area (TPSA) is 110 Å². The molecule has 1 unspecified atom stereocenters. The lowest BCUT2D eigenvalue weighted by molar-refractivity contribution is -0.955. The summed E-state index contributed by atoms with van der Waals surface area (Å²) < 4.78 is 37.4. The molecule has 0 amide bonds. The van der Waals surface area contributed by atoms with E-state index in [1.807, 2.05) is 13.8 Å². The summed E-state index contributed by atoms with van der Waals surface area (Å²) in [7, 11) is 0.132. The summed E-state index contributed by atoms with van der Waals surface area (Å²) in [6.45, 7) is 12.5. The molecule has 10 nitrogen and oxygen atoms in total. The maximum Gasteiger partial charge on any atom is 0.277 e. The van der Waals surface area contributed by atoms with Gasteiger partial charge >= 0.3 is 0 Å². The van der Waals surface area contributed by atoms with Crippen LogP contribution in [0.15, 0.2) is 27.9 Å². The normalized spacial score (nSPS) is 22.4. The van der Waals surface area contributed by atoms with Crippen LogP contribution in [0.1, 0.15) is 46.7 Å². The molecule has 3 heterocycles. The number of rotatable bonds is 8. The van der Waals surface area contributed by atoms with E-state index in [-0.39, 0.29) is 45.3 Å². The van der Waals surface area contributed by atoms with Crippen LogP contribution in [-0.4, -0.2) is 82.3 Å². The largest absolute Gasteiger partial charge is 1.00 e. The van der Waals surface area contributed by atoms with Crippen molar-refractivity contribution < 1.29 is 34.6 Å². The van der Waals surface area contributed by atoms with E-state index in [9.17, 15) is 13.2 Å². The fraction of sp³-hybridized carbons (Fsp3) is 0.577. The van der Waals surface area contributed by atoms with Crippen molar-refractivity contribution in [2.24, 2.45) is 7.05 Å². The van der Waals surface area contributed by atoms with Crippen molar-refractivity contribution >= 4 is 21.1 Å². The average molecular weight is 612 g/mol. The highest BCUT2D eigenvalue weighted by Crippen LogP contribution is 2.34. The first kappa shape index (κ1) is 30.3. The third-order valence-electron chi connectivity index (χ3n) is 8.02. The molecule has 1 aliphatic rings. The van der Waals surface area contributed by atoms with Crippen LogP contribution in [0.3, 0.4) is 0 Å². The van der Waals surface area contributed by atoms with Crippen molar-refractivity contribution in [2.45, 2.75) is 64.4 Å². The first-order valence-electron chi connectivity index (χ1n) is 13.1. The summed E-state index contributed by atoms with van der Waals surface area (Å²) in [6.07, 6.45) is 1.54. The monoisotopic (exact) mass is 610 g/mol. The van der Waals surface area contributed by atoms with Gasteiger partial charge in [0.2, 0.25) is 10.0 Å². The first-order valence-corrected chi connectivity index (χ1v) is 14.5. The maximum absolute atomic E-state index is 13.8. The minimum atomic E-state index is -3.78. The van der Waals surface area contributed by atoms with Crippen molar-refractivity contribution in [1.82, 2.24) is 24.1 Å². The predicted octanol–water partition coefficient (Wildman–Crippen LogP) is -0.0734. The van der Waals surface area contributed by atoms with Crippen LogP contribution in [0.25, 0.3) is 22.4 Å². The molecule has 1 N–H and O–H groups in total. The van der Waals surface area contributed by atoms with E-state index >= 15 is 0 Å². The van der Waals surface area contributed by atoms with E-state index in [1.165, 1.54) is 0 Å². The van der Waals surface area contributed by atoms with Gasteiger partial charge in [-0.15, -0.1) is 0 Å². The fourth-order valence-electron chi connectivity index (χ4n) is 5.36. The Balaban J connectivity index is 0.00000400. The summed E-state index contributed by atoms with van der Waals surface area (Å²) in [5, 5.41) is 4.48. The van der Waals surface area contributed by atoms with Gasteiger partial charge in [-0.3, -0.25) is 9.48 Å². The minimum Gasteiger partial charge on any atom is -1.00 e. The fourth-order valence-corrected chi connectivity index (χ4v) is 6.98. The van der Waals surface area contributed by atoms with Crippen LogP contribution in [0, 0.1) is 0 Å². The van der Waals surface area contributed by atoms with Crippen molar-refractivity contribution in [2.75, 3.05) is 33.3 Å². The number of H-pyrrole nitrogens is 1. The highest BCUT2D eigenvalue weighted by Gasteiger charge is 2.44. The molecule has 38 heavy (non-hydrogen) atoms. The van der Waals surface area contributed by atoms with Gasteiger partial charge in [0, 0.05) is 7.05 Å². The zero-order chi connectivity index (χ0) is 27.1. The van der Waals surface area contributed by atoms with E-state index in [1.54, 1.807) is 34.2 Å². The van der Waals surface area contributed by atoms with Gasteiger partial charge in [0.25, 0.3) is 5.56 Å². The van der Waals surface area contributed by atoms with E-state index in [0.717, 1.165) is 23.1 Å². The quantitative estimate of drug-likeness (QED) is 0.358. The Kier molecular flexibility index (Phi) is 9.12. The molecular formula is C26H39BrN6O4S. The van der Waals surface area contributed by atoms with Gasteiger partial charge < -0.3 is 31.2 Å². The summed E-state index contributed by atoms with van der Waals surface area (Å²) in [4.78, 5) is 20.8. The number of benzene rings is 1. The molecule has 0 saturated carbocycles. The lowest BCUT2D eigenvalue weighted by Crippen LogP contribution is -3.00. The Morgan fingerprint density at radius 3 is 2.39 bits per heavy atom. The number of quaternary nitrogens is 1. The zero-order valence-electron chi connectivity index (χ0n) is 23.3. The van der Waals surface area contributed by atoms with Gasteiger partial charge in [0.15, 0.2) is 5.52 Å². The highest BCUT2D eigenvalue weighted by molar-refractivity contribution is 7.89. The number of aryl methyl sites for hydroxylation is 2. The van der Waals surface area contributed by atoms with Gasteiger partial charge in [0.05, 0.1) is 49.4 Å². The number of sulfonamides is 1. The minimum absolute atomic E-state index is 0. The number of hydrogen-bond acceptors (Lipinski definition) is 6. The molecule has 3 aromatic rings. The number of aromatic nitrogens is 4. The molecule has 4 rings (SSSR count). The molecule has 1 saturated heterocycles. The number of halogens is 1. The lowest BCUT2D eigenvalue weighted by Gasteiger charge is -2.50. The predicted molar refractivity (Wildman–Crippen MR) is 144 cm³/mol. The second-order valence-electron chi connectivity index (χ2n) is 10.2. The van der Waals surface area contributed by atoms with Crippen molar-refractivity contribution in [1.29, 1.82) is 0 Å². The number of piperazine rings is 1. The number of aromatic amines is 1. The number of ether oxygens (including phenoxy) is 1. The zero-order valence-corrected chi connectivity index (χ0v) is 25.7. The molecule has 3 atom stereocenters. The molecule has 0 radical (unpaired) electrons. The molecule has 1 aliphatic heterocycles. The molecular weight excluding hydrogens is 572 g/mol. The summed E-state index contributed by atoms with van der Waals surface area (Å²) in [6, 6.07) is 5.11. The number of nitrogens with one attached hydrogen (secondary N) is 1. The smallest absolute Gasteiger partial charge is 0.277 e. The number of hydrogen-bond donors (Lipinski definition) is 1. The maximum atomic E-state index is 13.8. The molecule has 0 aliphatic carbocycles. The highest BCUT2D eigenvalue weighted by atomic mass is 79.9. The molecule has 1 aromatic carbocycles. The van der Waals surface area contributed by atoms with Crippen molar-refractivity contribution in [3.05, 3.63) is 34.2 Å². The Morgan fingerprint density at radius 2 is 1.82 bits per heavy atom. The van der Waals surface area contributed by atoms with Crippen molar-refractivity contribution in [3.8, 4) is 17.1 Å². The standard InChI is InChI=1S/C26H38N6O4S.BrH/c1-8-11-21-23-24(30(6)29-21)26(33)28-25(27-23)20-14-19(12-13-22(20)36-10-3)37(34,35)31-15-17(4)32(7,9-2)18(5)16-31;/h12-14,17-18H,8-11,15-16H2,1-7H3;1H/t17-,18+,32?;. The Labute approximate surface area is 235 Å². The summed E-state index contributed by atoms with van der Waals surface area (Å²) in [5.74, 6) is 0.722. The van der Waals surface area contributed by atoms with Gasteiger partial charge in [-0.1, -0.05) is 13.3 Å². The molecule has 0 spiro atoms. The SMILES string of the molecule is CCCc1nn(C)c2c(=O)[nH]c(-c3cc(S(=O)(=O)N4C[C@@H](C)[N+](C)(CC)[C@@H](C)C4)ccc3OCC)nc12.[Br-]. The molecule has 12 heteroatoms. The van der Waals surface area contributed by atoms with E-state index in [4.69, 9.17) is 9.72 Å². The Morgan fingerprint density at radius 1 is 1.16 bits per heavy atom. The van der Waals surface area contributed by atoms with E-state index in [0.29, 0.717) is 48.5 Å². The van der Waals surface area contributed by atoms with Gasteiger partial charge in [-0.2, -0.15) is 9.40 Å². The second kappa shape index (κ2) is 11.4. The Bertz CT molecular complexity index is 1460. The number of likely N-dealkylation sites (N-methyl/N-ethyl adjacent to an activating group) is 1. The molecule has 1 fully saturated rings. The van der Waals surface area contributed by atoms with Crippen LogP contribution in [0.4, 0.5) is 0 Å². The third kappa shape index (κ3) is 5.15. The second-order valence-corrected chi connectivity index (χ2v) is 12.1. The lowest BCUT2D eigenvalue weighted by atomic mass is 10.1. The first-order chi connectivity index (χ1) is 17.5. The molecule has 2 aromatic heterocycles. The van der Waals surface area contributed by atoms with Crippen LogP contribution >= 0.6 is 0 Å². The van der Waals surface area contributed by atoms with E-state index < -0.39 is 10.0 Å². The van der Waals surface area contributed by atoms with Gasteiger partial charge in [-0.25, -0.2) is 13.4 Å². The van der Waals surface area contributed by atoms with E-state index in [2.05, 4.69) is 37.9 Å². The van der Waals surface area contributed by atoms with Crippen molar-refractivity contribution in [3.63, 3.8) is 0 Å². The number of nitrogens with zero attached hydrogens (tertiary/aromatic N) is 5.